The lowest BCUT2D eigenvalue weighted by atomic mass is 9.54. The molecule has 2 aromatic carbocycles. The molecule has 0 N–H and O–H groups in total. The van der Waals surface area contributed by atoms with Crippen LogP contribution in [0.1, 0.15) is 86.3 Å². The zero-order valence-electron chi connectivity index (χ0n) is 22.2. The first-order valence-corrected chi connectivity index (χ1v) is 14.4. The van der Waals surface area contributed by atoms with Gasteiger partial charge in [-0.2, -0.15) is 0 Å². The fourth-order valence-corrected chi connectivity index (χ4v) is 8.85. The van der Waals surface area contributed by atoms with Crippen LogP contribution in [-0.2, 0) is 5.41 Å². The van der Waals surface area contributed by atoms with Crippen LogP contribution in [0.15, 0.2) is 82.8 Å². The van der Waals surface area contributed by atoms with Gasteiger partial charge in [0.1, 0.15) is 11.2 Å². The molecule has 0 bridgehead atoms. The van der Waals surface area contributed by atoms with Gasteiger partial charge in [-0.25, -0.2) is 0 Å². The fourth-order valence-electron chi connectivity index (χ4n) is 8.47. The van der Waals surface area contributed by atoms with E-state index in [0.717, 1.165) is 29.0 Å². The number of hydrogen-bond acceptors (Lipinski definition) is 1. The van der Waals surface area contributed by atoms with Crippen LogP contribution < -0.4 is 10.6 Å². The van der Waals surface area contributed by atoms with Crippen molar-refractivity contribution in [3.63, 3.8) is 0 Å². The standard InChI is InChI=1S/C35H35ClO/c1-20-17-26-31-32(22(3)19-23(4)33(31)37-34(26)29(36)18-20)35(24-12-6-5-7-13-24)27-15-9-8-14-25(27)30-21(2)11-10-16-28(30)35/h5-17,20-23,30,32H,18-19H2,1-4H3. The molecule has 4 aliphatic rings. The van der Waals surface area contributed by atoms with Crippen LogP contribution in [0.4, 0.5) is 0 Å². The summed E-state index contributed by atoms with van der Waals surface area (Å²) >= 11 is 6.90. The number of allylic oxidation sites excluding steroid dienone is 4. The smallest absolute Gasteiger partial charge is 0.148 e. The van der Waals surface area contributed by atoms with Crippen molar-refractivity contribution < 1.29 is 4.42 Å². The number of rotatable bonds is 2. The normalized spacial score (nSPS) is 33.6. The van der Waals surface area contributed by atoms with Gasteiger partial charge in [-0.15, -0.1) is 0 Å². The molecule has 0 amide bonds. The Labute approximate surface area is 225 Å². The number of fused-ring (bicyclic) bond motifs is 6. The highest BCUT2D eigenvalue weighted by Crippen LogP contribution is 2.65. The van der Waals surface area contributed by atoms with Gasteiger partial charge < -0.3 is 4.42 Å². The van der Waals surface area contributed by atoms with E-state index in [1.807, 2.05) is 0 Å². The number of benzene rings is 2. The minimum Gasteiger partial charge on any atom is -0.459 e. The second-order valence-electron chi connectivity index (χ2n) is 12.1. The van der Waals surface area contributed by atoms with Crippen LogP contribution >= 0.6 is 11.6 Å². The quantitative estimate of drug-likeness (QED) is 0.344. The monoisotopic (exact) mass is 506 g/mol. The highest BCUT2D eigenvalue weighted by Gasteiger charge is 2.58. The highest BCUT2D eigenvalue weighted by atomic mass is 35.5. The average Bonchev–Trinajstić information content (AvgIpc) is 3.41. The van der Waals surface area contributed by atoms with Gasteiger partial charge >= 0.3 is 0 Å². The van der Waals surface area contributed by atoms with Crippen LogP contribution in [0, 0.1) is 17.8 Å². The summed E-state index contributed by atoms with van der Waals surface area (Å²) in [7, 11) is 0. The molecule has 4 aliphatic carbocycles. The summed E-state index contributed by atoms with van der Waals surface area (Å²) in [5, 5.41) is 2.14. The molecule has 188 valence electrons. The molecule has 0 saturated heterocycles. The molecule has 3 aromatic rings. The van der Waals surface area contributed by atoms with E-state index >= 15 is 0 Å². The first-order valence-electron chi connectivity index (χ1n) is 14.0. The Bertz CT molecular complexity index is 1570. The summed E-state index contributed by atoms with van der Waals surface area (Å²) in [6.45, 7) is 9.47. The molecular weight excluding hydrogens is 472 g/mol. The molecule has 7 rings (SSSR count). The van der Waals surface area contributed by atoms with E-state index in [9.17, 15) is 0 Å². The summed E-state index contributed by atoms with van der Waals surface area (Å²) in [5.74, 6) is 3.52. The van der Waals surface area contributed by atoms with Gasteiger partial charge in [0.25, 0.3) is 0 Å². The first-order chi connectivity index (χ1) is 17.9. The molecule has 0 spiro atoms. The van der Waals surface area contributed by atoms with Crippen molar-refractivity contribution in [1.29, 1.82) is 0 Å². The number of furan rings is 1. The van der Waals surface area contributed by atoms with Crippen molar-refractivity contribution in [1.82, 2.24) is 0 Å². The molecular formula is C35H35ClO. The molecule has 0 radical (unpaired) electrons. The molecule has 0 fully saturated rings. The van der Waals surface area contributed by atoms with E-state index in [0.29, 0.717) is 29.6 Å². The molecule has 1 nitrogen and oxygen atoms in total. The summed E-state index contributed by atoms with van der Waals surface area (Å²) in [5.41, 5.74) is 7.97. The second kappa shape index (κ2) is 8.37. The summed E-state index contributed by atoms with van der Waals surface area (Å²) in [4.78, 5) is 0. The van der Waals surface area contributed by atoms with E-state index in [4.69, 9.17) is 16.0 Å². The lowest BCUT2D eigenvalue weighted by molar-refractivity contribution is 0.271. The summed E-state index contributed by atoms with van der Waals surface area (Å²) in [6, 6.07) is 20.6. The Kier molecular flexibility index (Phi) is 5.28. The van der Waals surface area contributed by atoms with Crippen LogP contribution in [0.3, 0.4) is 0 Å². The third kappa shape index (κ3) is 3.10. The fraction of sp³-hybridized carbons (Fsp3) is 0.371. The molecule has 37 heavy (non-hydrogen) atoms. The van der Waals surface area contributed by atoms with E-state index in [2.05, 4.69) is 107 Å². The van der Waals surface area contributed by atoms with Gasteiger partial charge in [-0.1, -0.05) is 118 Å². The van der Waals surface area contributed by atoms with Gasteiger partial charge in [-0.3, -0.25) is 0 Å². The van der Waals surface area contributed by atoms with Crippen LogP contribution in [0.5, 0.6) is 0 Å². The van der Waals surface area contributed by atoms with Crippen molar-refractivity contribution in [2.24, 2.45) is 17.8 Å². The van der Waals surface area contributed by atoms with Gasteiger partial charge in [0.2, 0.25) is 0 Å². The topological polar surface area (TPSA) is 13.1 Å². The predicted molar refractivity (Wildman–Crippen MR) is 153 cm³/mol. The lowest BCUT2D eigenvalue weighted by Crippen LogP contribution is -2.44. The predicted octanol–water partition coefficient (Wildman–Crippen LogP) is 7.89. The maximum Gasteiger partial charge on any atom is 0.148 e. The van der Waals surface area contributed by atoms with Crippen molar-refractivity contribution in [3.8, 4) is 0 Å². The molecule has 1 aromatic heterocycles. The van der Waals surface area contributed by atoms with Gasteiger partial charge in [-0.05, 0) is 52.9 Å². The van der Waals surface area contributed by atoms with Crippen LogP contribution in [0.2, 0.25) is 0 Å². The van der Waals surface area contributed by atoms with E-state index in [1.165, 1.54) is 27.5 Å². The van der Waals surface area contributed by atoms with Gasteiger partial charge in [0.15, 0.2) is 0 Å². The van der Waals surface area contributed by atoms with E-state index in [-0.39, 0.29) is 11.3 Å². The lowest BCUT2D eigenvalue weighted by Gasteiger charge is -2.47. The molecule has 0 saturated carbocycles. The summed E-state index contributed by atoms with van der Waals surface area (Å²) < 4.78 is 6.73. The van der Waals surface area contributed by atoms with Gasteiger partial charge in [0, 0.05) is 34.0 Å². The number of hydrogen-bond donors (Lipinski definition) is 0. The first kappa shape index (κ1) is 23.4. The van der Waals surface area contributed by atoms with Gasteiger partial charge in [0.05, 0.1) is 5.03 Å². The molecule has 7 atom stereocenters. The highest BCUT2D eigenvalue weighted by molar-refractivity contribution is 6.45. The Morgan fingerprint density at radius 2 is 1.70 bits per heavy atom. The molecule has 2 heteroatoms. The third-order valence-corrected chi connectivity index (χ3v) is 10.0. The van der Waals surface area contributed by atoms with Crippen molar-refractivity contribution >= 4 is 22.7 Å². The molecule has 0 aliphatic heterocycles. The largest absolute Gasteiger partial charge is 0.459 e. The number of halogens is 1. The maximum atomic E-state index is 6.90. The molecule has 7 unspecified atom stereocenters. The Hall–Kier alpha value is -2.77. The Balaban J connectivity index is 1.64. The Morgan fingerprint density at radius 1 is 0.946 bits per heavy atom. The molecule has 1 heterocycles. The maximum absolute atomic E-state index is 6.90. The van der Waals surface area contributed by atoms with Crippen molar-refractivity contribution in [3.05, 3.63) is 117 Å². The van der Waals surface area contributed by atoms with E-state index < -0.39 is 0 Å². The third-order valence-electron chi connectivity index (χ3n) is 9.69. The summed E-state index contributed by atoms with van der Waals surface area (Å²) in [6.07, 6.45) is 11.5. The zero-order chi connectivity index (χ0) is 25.5. The zero-order valence-corrected chi connectivity index (χ0v) is 22.9. The van der Waals surface area contributed by atoms with Crippen molar-refractivity contribution in [2.75, 3.05) is 0 Å². The van der Waals surface area contributed by atoms with Crippen LogP contribution in [-0.4, -0.2) is 0 Å². The average molecular weight is 507 g/mol. The minimum absolute atomic E-state index is 0.255. The van der Waals surface area contributed by atoms with E-state index in [1.54, 1.807) is 5.57 Å². The minimum atomic E-state index is -0.255. The van der Waals surface area contributed by atoms with Crippen LogP contribution in [0.25, 0.3) is 11.1 Å². The Morgan fingerprint density at radius 3 is 2.51 bits per heavy atom. The second-order valence-corrected chi connectivity index (χ2v) is 12.5. The SMILES string of the molecule is CC1C=c2c3c(oc2=C(Cl)C1)C(C)CC(C)C3C1(c2ccccc2)C2=CC=CC(C)C2c2ccccc21. The van der Waals surface area contributed by atoms with Crippen molar-refractivity contribution in [2.45, 2.75) is 63.7 Å².